The first kappa shape index (κ1) is 19.7. The number of aliphatic carboxylic acids is 1. The molecule has 6 nitrogen and oxygen atoms in total. The van der Waals surface area contributed by atoms with Gasteiger partial charge in [-0.3, -0.25) is 4.90 Å². The zero-order valence-electron chi connectivity index (χ0n) is 14.4. The fraction of sp³-hybridized carbons (Fsp3) is 0.867. The number of hydrogen-bond acceptors (Lipinski definition) is 4. The van der Waals surface area contributed by atoms with Crippen LogP contribution in [0.2, 0.25) is 0 Å². The second kappa shape index (κ2) is 7.11. The van der Waals surface area contributed by atoms with E-state index in [0.29, 0.717) is 0 Å². The minimum atomic E-state index is -1.07. The number of rotatable bonds is 6. The first-order chi connectivity index (χ1) is 9.30. The van der Waals surface area contributed by atoms with Gasteiger partial charge in [0.15, 0.2) is 0 Å². The summed E-state index contributed by atoms with van der Waals surface area (Å²) in [7, 11) is 1.52. The Kier molecular flexibility index (Phi) is 6.67. The lowest BCUT2D eigenvalue weighted by atomic mass is 9.97. The average molecular weight is 303 g/mol. The van der Waals surface area contributed by atoms with Crippen molar-refractivity contribution in [3.05, 3.63) is 0 Å². The molecule has 0 aliphatic heterocycles. The van der Waals surface area contributed by atoms with Crippen molar-refractivity contribution in [2.24, 2.45) is 0 Å². The number of ether oxygens (including phenoxy) is 2. The van der Waals surface area contributed by atoms with Crippen molar-refractivity contribution in [1.82, 2.24) is 4.90 Å². The molecule has 0 saturated carbocycles. The highest BCUT2D eigenvalue weighted by Gasteiger charge is 2.38. The van der Waals surface area contributed by atoms with Crippen LogP contribution in [-0.2, 0) is 14.3 Å². The van der Waals surface area contributed by atoms with Crippen LogP contribution >= 0.6 is 0 Å². The summed E-state index contributed by atoms with van der Waals surface area (Å²) in [4.78, 5) is 25.2. The molecule has 21 heavy (non-hydrogen) atoms. The van der Waals surface area contributed by atoms with Crippen LogP contribution in [0.5, 0.6) is 0 Å². The monoisotopic (exact) mass is 303 g/mol. The summed E-state index contributed by atoms with van der Waals surface area (Å²) in [5.74, 6) is -1.07. The van der Waals surface area contributed by atoms with E-state index >= 15 is 0 Å². The Balaban J connectivity index is 5.37. The van der Waals surface area contributed by atoms with Crippen molar-refractivity contribution >= 4 is 12.1 Å². The number of nitrogens with zero attached hydrogens (tertiary/aromatic N) is 1. The van der Waals surface area contributed by atoms with E-state index in [9.17, 15) is 14.7 Å². The van der Waals surface area contributed by atoms with Gasteiger partial charge < -0.3 is 14.6 Å². The summed E-state index contributed by atoms with van der Waals surface area (Å²) in [6.07, 6.45) is -0.451. The predicted octanol–water partition coefficient (Wildman–Crippen LogP) is 2.90. The molecule has 1 N–H and O–H groups in total. The summed E-state index contributed by atoms with van der Waals surface area (Å²) in [5.41, 5.74) is -1.33. The van der Waals surface area contributed by atoms with Gasteiger partial charge in [0, 0.05) is 19.6 Å². The zero-order chi connectivity index (χ0) is 17.0. The van der Waals surface area contributed by atoms with Crippen molar-refractivity contribution in [1.29, 1.82) is 0 Å². The molecule has 0 spiro atoms. The Labute approximate surface area is 127 Å². The molecule has 1 atom stereocenters. The first-order valence-corrected chi connectivity index (χ1v) is 7.10. The van der Waals surface area contributed by atoms with E-state index in [1.54, 1.807) is 48.5 Å². The SMILES string of the molecule is COC(C)(C)CC(C(=O)O)N(C(=O)OC(C)(C)C)C(C)C. The summed E-state index contributed by atoms with van der Waals surface area (Å²) in [5, 5.41) is 9.49. The largest absolute Gasteiger partial charge is 0.480 e. The molecular formula is C15H29NO5. The molecule has 0 saturated heterocycles. The molecule has 0 aliphatic carbocycles. The molecular weight excluding hydrogens is 274 g/mol. The highest BCUT2D eigenvalue weighted by atomic mass is 16.6. The maximum Gasteiger partial charge on any atom is 0.411 e. The third kappa shape index (κ3) is 6.80. The number of methoxy groups -OCH3 is 1. The van der Waals surface area contributed by atoms with Crippen LogP contribution in [0.15, 0.2) is 0 Å². The maximum atomic E-state index is 12.3. The molecule has 0 aliphatic rings. The molecule has 1 unspecified atom stereocenters. The second-order valence-corrected chi connectivity index (χ2v) is 7.00. The molecule has 0 bridgehead atoms. The third-order valence-electron chi connectivity index (χ3n) is 3.02. The van der Waals surface area contributed by atoms with Crippen LogP contribution in [0, 0.1) is 0 Å². The smallest absolute Gasteiger partial charge is 0.411 e. The van der Waals surface area contributed by atoms with E-state index in [0.717, 1.165) is 0 Å². The highest BCUT2D eigenvalue weighted by molar-refractivity contribution is 5.80. The molecule has 0 rings (SSSR count). The van der Waals surface area contributed by atoms with Crippen LogP contribution in [0.4, 0.5) is 4.79 Å². The van der Waals surface area contributed by atoms with E-state index in [1.807, 2.05) is 0 Å². The van der Waals surface area contributed by atoms with Gasteiger partial charge in [-0.15, -0.1) is 0 Å². The number of carbonyl (C=O) groups is 2. The van der Waals surface area contributed by atoms with Crippen molar-refractivity contribution in [2.75, 3.05) is 7.11 Å². The van der Waals surface area contributed by atoms with Crippen molar-refractivity contribution in [3.63, 3.8) is 0 Å². The van der Waals surface area contributed by atoms with Crippen molar-refractivity contribution in [3.8, 4) is 0 Å². The van der Waals surface area contributed by atoms with Crippen LogP contribution in [0.1, 0.15) is 54.9 Å². The summed E-state index contributed by atoms with van der Waals surface area (Å²) in [6, 6.07) is -1.30. The Morgan fingerprint density at radius 3 is 1.90 bits per heavy atom. The Hall–Kier alpha value is -1.30. The number of carbonyl (C=O) groups excluding carboxylic acids is 1. The normalized spacial score (nSPS) is 14.0. The summed E-state index contributed by atoms with van der Waals surface area (Å²) >= 11 is 0. The van der Waals surface area contributed by atoms with Crippen LogP contribution in [0.3, 0.4) is 0 Å². The number of carboxylic acid groups (broad SMARTS) is 1. The molecule has 0 radical (unpaired) electrons. The Morgan fingerprint density at radius 2 is 1.62 bits per heavy atom. The van der Waals surface area contributed by atoms with E-state index in [4.69, 9.17) is 9.47 Å². The topological polar surface area (TPSA) is 76.1 Å². The van der Waals surface area contributed by atoms with Gasteiger partial charge in [0.1, 0.15) is 11.6 Å². The van der Waals surface area contributed by atoms with Crippen LogP contribution in [0.25, 0.3) is 0 Å². The van der Waals surface area contributed by atoms with Gasteiger partial charge in [-0.25, -0.2) is 9.59 Å². The van der Waals surface area contributed by atoms with Crippen LogP contribution in [-0.4, -0.2) is 52.5 Å². The van der Waals surface area contributed by atoms with Crippen molar-refractivity contribution < 1.29 is 24.2 Å². The molecule has 0 aromatic heterocycles. The molecule has 1 amide bonds. The molecule has 0 fully saturated rings. The minimum absolute atomic E-state index is 0.177. The lowest BCUT2D eigenvalue weighted by molar-refractivity contribution is -0.147. The number of amides is 1. The lowest BCUT2D eigenvalue weighted by Gasteiger charge is -2.37. The number of hydrogen-bond donors (Lipinski definition) is 1. The van der Waals surface area contributed by atoms with E-state index < -0.39 is 29.3 Å². The Bertz CT molecular complexity index is 371. The van der Waals surface area contributed by atoms with Gasteiger partial charge >= 0.3 is 12.1 Å². The highest BCUT2D eigenvalue weighted by Crippen LogP contribution is 2.23. The van der Waals surface area contributed by atoms with Gasteiger partial charge in [-0.2, -0.15) is 0 Å². The summed E-state index contributed by atoms with van der Waals surface area (Å²) < 4.78 is 10.6. The average Bonchev–Trinajstić information content (AvgIpc) is 2.24. The molecule has 0 aromatic rings. The van der Waals surface area contributed by atoms with Gasteiger partial charge in [-0.1, -0.05) is 0 Å². The molecule has 124 valence electrons. The lowest BCUT2D eigenvalue weighted by Crippen LogP contribution is -2.53. The zero-order valence-corrected chi connectivity index (χ0v) is 14.4. The third-order valence-corrected chi connectivity index (χ3v) is 3.02. The van der Waals surface area contributed by atoms with Gasteiger partial charge in [0.25, 0.3) is 0 Å². The van der Waals surface area contributed by atoms with Gasteiger partial charge in [0.05, 0.1) is 5.60 Å². The Morgan fingerprint density at radius 1 is 1.14 bits per heavy atom. The van der Waals surface area contributed by atoms with Crippen LogP contribution < -0.4 is 0 Å². The fourth-order valence-corrected chi connectivity index (χ4v) is 1.87. The van der Waals surface area contributed by atoms with Gasteiger partial charge in [0.2, 0.25) is 0 Å². The van der Waals surface area contributed by atoms with Crippen molar-refractivity contribution in [2.45, 2.75) is 78.2 Å². The van der Waals surface area contributed by atoms with E-state index in [1.165, 1.54) is 12.0 Å². The predicted molar refractivity (Wildman–Crippen MR) is 80.3 cm³/mol. The standard InChI is InChI=1S/C15H29NO5/c1-10(2)16(13(19)21-14(3,4)5)11(12(17)18)9-15(6,7)20-8/h10-11H,9H2,1-8H3,(H,17,18). The number of carboxylic acids is 1. The quantitative estimate of drug-likeness (QED) is 0.816. The first-order valence-electron chi connectivity index (χ1n) is 7.10. The summed E-state index contributed by atoms with van der Waals surface area (Å²) in [6.45, 7) is 12.3. The fourth-order valence-electron chi connectivity index (χ4n) is 1.87. The molecule has 0 aromatic carbocycles. The minimum Gasteiger partial charge on any atom is -0.480 e. The maximum absolute atomic E-state index is 12.3. The molecule has 6 heteroatoms. The van der Waals surface area contributed by atoms with Gasteiger partial charge in [-0.05, 0) is 48.5 Å². The second-order valence-electron chi connectivity index (χ2n) is 7.00. The van der Waals surface area contributed by atoms with E-state index in [-0.39, 0.29) is 12.5 Å². The van der Waals surface area contributed by atoms with E-state index in [2.05, 4.69) is 0 Å². The molecule has 0 heterocycles.